The molecular weight excluding hydrogens is 398 g/mol. The van der Waals surface area contributed by atoms with Crippen molar-refractivity contribution in [1.29, 1.82) is 0 Å². The Morgan fingerprint density at radius 3 is 1.48 bits per heavy atom. The molecule has 0 aromatic rings. The van der Waals surface area contributed by atoms with Gasteiger partial charge in [0.1, 0.15) is 6.61 Å². The highest BCUT2D eigenvalue weighted by Gasteiger charge is 2.45. The van der Waals surface area contributed by atoms with Gasteiger partial charge in [0.2, 0.25) is 0 Å². The Bertz CT molecular complexity index is 594. The maximum absolute atomic E-state index is 10.9. The van der Waals surface area contributed by atoms with Crippen LogP contribution in [0.5, 0.6) is 0 Å². The monoisotopic (exact) mass is 405 g/mol. The van der Waals surface area contributed by atoms with Crippen molar-refractivity contribution < 1.29 is 54.4 Å². The lowest BCUT2D eigenvalue weighted by atomic mass is 10.0. The van der Waals surface area contributed by atoms with Crippen LogP contribution in [0.15, 0.2) is 0 Å². The minimum Gasteiger partial charge on any atom is -0.311 e. The van der Waals surface area contributed by atoms with Crippen LogP contribution in [0.25, 0.3) is 0 Å². The van der Waals surface area contributed by atoms with Crippen molar-refractivity contribution in [2.24, 2.45) is 0 Å². The molecule has 0 aliphatic rings. The van der Waals surface area contributed by atoms with Gasteiger partial charge in [-0.3, -0.25) is 0 Å². The first-order chi connectivity index (χ1) is 12.5. The Labute approximate surface area is 143 Å². The standard InChI is InChI=1S/C6H7N5O16/c12-1-3(24-8(15)16)5(26-10(19)20)6(27-11(21)22)4(25-9(17)18)2-23-7(13)14/h1,3-6H,2H2/t3-,4+,5+,6+/m0/s1. The smallest absolute Gasteiger partial charge is 0.295 e. The van der Waals surface area contributed by atoms with E-state index >= 15 is 0 Å². The van der Waals surface area contributed by atoms with Crippen molar-refractivity contribution >= 4 is 6.29 Å². The van der Waals surface area contributed by atoms with Crippen molar-refractivity contribution in [1.82, 2.24) is 0 Å². The van der Waals surface area contributed by atoms with Gasteiger partial charge in [-0.25, -0.2) is 0 Å². The predicted molar refractivity (Wildman–Crippen MR) is 66.5 cm³/mol. The summed E-state index contributed by atoms with van der Waals surface area (Å²) >= 11 is 0. The summed E-state index contributed by atoms with van der Waals surface area (Å²) in [6.45, 7) is -1.49. The quantitative estimate of drug-likeness (QED) is 0.157. The number of carbonyl (C=O) groups is 1. The van der Waals surface area contributed by atoms with Crippen molar-refractivity contribution in [2.75, 3.05) is 6.61 Å². The molecule has 0 fully saturated rings. The Morgan fingerprint density at radius 1 is 0.667 bits per heavy atom. The Morgan fingerprint density at radius 2 is 1.11 bits per heavy atom. The Balaban J connectivity index is 6.00. The van der Waals surface area contributed by atoms with E-state index in [1.807, 2.05) is 0 Å². The number of hydrogen-bond donors (Lipinski definition) is 0. The molecule has 0 saturated heterocycles. The molecule has 0 aromatic heterocycles. The van der Waals surface area contributed by atoms with E-state index in [9.17, 15) is 55.4 Å². The molecule has 0 bridgehead atoms. The number of hydrogen-bond acceptors (Lipinski definition) is 16. The lowest BCUT2D eigenvalue weighted by Gasteiger charge is -2.30. The summed E-state index contributed by atoms with van der Waals surface area (Å²) in [4.78, 5) is 82.0. The fraction of sp³-hybridized carbons (Fsp3) is 0.833. The molecule has 0 aliphatic carbocycles. The molecule has 21 heteroatoms. The number of aldehydes is 1. The zero-order valence-corrected chi connectivity index (χ0v) is 12.4. The van der Waals surface area contributed by atoms with E-state index in [1.54, 1.807) is 0 Å². The van der Waals surface area contributed by atoms with Gasteiger partial charge in [-0.15, -0.1) is 50.6 Å². The third-order valence-corrected chi connectivity index (χ3v) is 2.34. The van der Waals surface area contributed by atoms with E-state index in [1.165, 1.54) is 0 Å². The van der Waals surface area contributed by atoms with E-state index < -0.39 is 62.7 Å². The molecule has 0 spiro atoms. The highest BCUT2D eigenvalue weighted by molar-refractivity contribution is 5.57. The van der Waals surface area contributed by atoms with Crippen molar-refractivity contribution in [3.8, 4) is 0 Å². The van der Waals surface area contributed by atoms with Crippen LogP contribution >= 0.6 is 0 Å². The molecule has 27 heavy (non-hydrogen) atoms. The fourth-order valence-corrected chi connectivity index (χ4v) is 1.54. The molecule has 152 valence electrons. The molecule has 21 nitrogen and oxygen atoms in total. The van der Waals surface area contributed by atoms with Crippen LogP contribution in [0.4, 0.5) is 0 Å². The lowest BCUT2D eigenvalue weighted by molar-refractivity contribution is -0.830. The van der Waals surface area contributed by atoms with Gasteiger partial charge in [0.05, 0.1) is 0 Å². The van der Waals surface area contributed by atoms with Gasteiger partial charge in [0.25, 0.3) is 25.4 Å². The molecule has 0 saturated carbocycles. The zero-order valence-electron chi connectivity index (χ0n) is 12.4. The second-order valence-electron chi connectivity index (χ2n) is 3.90. The molecule has 0 unspecified atom stereocenters. The first-order valence-corrected chi connectivity index (χ1v) is 5.95. The first kappa shape index (κ1) is 22.7. The maximum atomic E-state index is 10.9. The van der Waals surface area contributed by atoms with Crippen LogP contribution in [-0.2, 0) is 29.0 Å². The molecule has 0 N–H and O–H groups in total. The van der Waals surface area contributed by atoms with Crippen molar-refractivity contribution in [3.05, 3.63) is 50.6 Å². The largest absolute Gasteiger partial charge is 0.311 e. The van der Waals surface area contributed by atoms with E-state index in [2.05, 4.69) is 24.2 Å². The average molecular weight is 405 g/mol. The summed E-state index contributed by atoms with van der Waals surface area (Å²) in [5, 5.41) is 43.9. The second kappa shape index (κ2) is 10.5. The lowest BCUT2D eigenvalue weighted by Crippen LogP contribution is -2.53. The van der Waals surface area contributed by atoms with Gasteiger partial charge in [-0.2, -0.15) is 0 Å². The van der Waals surface area contributed by atoms with E-state index in [-0.39, 0.29) is 0 Å². The normalized spacial score (nSPS) is 14.4. The van der Waals surface area contributed by atoms with Crippen LogP contribution in [0.3, 0.4) is 0 Å². The van der Waals surface area contributed by atoms with Crippen molar-refractivity contribution in [2.45, 2.75) is 24.4 Å². The zero-order chi connectivity index (χ0) is 21.1. The maximum Gasteiger partial charge on any atom is 0.295 e. The third kappa shape index (κ3) is 8.91. The van der Waals surface area contributed by atoms with Crippen LogP contribution in [0.2, 0.25) is 0 Å². The van der Waals surface area contributed by atoms with Gasteiger partial charge >= 0.3 is 0 Å². The van der Waals surface area contributed by atoms with E-state index in [0.29, 0.717) is 0 Å². The number of rotatable bonds is 15. The van der Waals surface area contributed by atoms with Crippen molar-refractivity contribution in [3.63, 3.8) is 0 Å². The van der Waals surface area contributed by atoms with Crippen LogP contribution in [0, 0.1) is 50.6 Å². The molecule has 0 rings (SSSR count). The Kier molecular flexibility index (Phi) is 8.83. The molecule has 0 aromatic carbocycles. The van der Waals surface area contributed by atoms with Crippen LogP contribution in [0.1, 0.15) is 0 Å². The second-order valence-corrected chi connectivity index (χ2v) is 3.90. The van der Waals surface area contributed by atoms with Crippen LogP contribution < -0.4 is 0 Å². The first-order valence-electron chi connectivity index (χ1n) is 5.95. The molecule has 4 atom stereocenters. The number of carbonyl (C=O) groups excluding carboxylic acids is 1. The van der Waals surface area contributed by atoms with Gasteiger partial charge in [-0.1, -0.05) is 0 Å². The molecule has 0 radical (unpaired) electrons. The molecule has 0 aliphatic heterocycles. The fourth-order valence-electron chi connectivity index (χ4n) is 1.54. The topological polar surface area (TPSA) is 279 Å². The summed E-state index contributed by atoms with van der Waals surface area (Å²) in [7, 11) is 0. The summed E-state index contributed by atoms with van der Waals surface area (Å²) in [6, 6.07) is 0. The summed E-state index contributed by atoms with van der Waals surface area (Å²) in [5.41, 5.74) is 0. The summed E-state index contributed by atoms with van der Waals surface area (Å²) < 4.78 is 0. The summed E-state index contributed by atoms with van der Waals surface area (Å²) in [6.07, 6.45) is -11.0. The van der Waals surface area contributed by atoms with Crippen LogP contribution in [-0.4, -0.2) is 62.7 Å². The molecule has 0 amide bonds. The third-order valence-electron chi connectivity index (χ3n) is 2.34. The predicted octanol–water partition coefficient (Wildman–Crippen LogP) is -2.30. The van der Waals surface area contributed by atoms with E-state index in [4.69, 9.17) is 0 Å². The summed E-state index contributed by atoms with van der Waals surface area (Å²) in [5.74, 6) is 0. The minimum atomic E-state index is -2.71. The van der Waals surface area contributed by atoms with Gasteiger partial charge in [0, 0.05) is 0 Å². The highest BCUT2D eigenvalue weighted by atomic mass is 17.0. The molecular formula is C6H7N5O16. The van der Waals surface area contributed by atoms with Gasteiger partial charge in [0.15, 0.2) is 30.7 Å². The highest BCUT2D eigenvalue weighted by Crippen LogP contribution is 2.18. The number of nitrogens with zero attached hydrogens (tertiary/aromatic N) is 5. The van der Waals surface area contributed by atoms with Gasteiger partial charge < -0.3 is 29.0 Å². The average Bonchev–Trinajstić information content (AvgIpc) is 2.51. The SMILES string of the molecule is O=C[C@H](O[N+](=O)[O-])[C@@H](O[N+](=O)[O-])[C@H](O[N+](=O)[O-])[C@@H](CO[N+](=O)[O-])O[N+](=O)[O-]. The molecule has 0 heterocycles. The minimum absolute atomic E-state index is 0.481. The van der Waals surface area contributed by atoms with E-state index in [0.717, 1.165) is 0 Å². The van der Waals surface area contributed by atoms with Gasteiger partial charge in [-0.05, 0) is 0 Å². The Hall–Kier alpha value is -4.33.